The van der Waals surface area contributed by atoms with Crippen LogP contribution in [-0.2, 0) is 19.0 Å². The Hall–Kier alpha value is -1.96. The van der Waals surface area contributed by atoms with Gasteiger partial charge >= 0.3 is 5.97 Å². The molecule has 0 atom stereocenters. The summed E-state index contributed by atoms with van der Waals surface area (Å²) in [6, 6.07) is 6.71. The van der Waals surface area contributed by atoms with E-state index in [-0.39, 0.29) is 5.91 Å². The van der Waals surface area contributed by atoms with E-state index in [1.54, 1.807) is 24.3 Å². The standard InChI is InChI=1S/C17H22N2O5/c1-22-16(21)13-3-2-4-14(11-13)18-15(20)12-19-7-5-17(6-8-19)23-9-10-24-17/h2-4,11H,5-10,12H2,1H3,(H,18,20). The topological polar surface area (TPSA) is 77.1 Å². The summed E-state index contributed by atoms with van der Waals surface area (Å²) in [6.07, 6.45) is 1.55. The van der Waals surface area contributed by atoms with E-state index < -0.39 is 11.8 Å². The molecule has 7 heteroatoms. The van der Waals surface area contributed by atoms with Crippen LogP contribution in [-0.4, -0.2) is 62.5 Å². The lowest BCUT2D eigenvalue weighted by molar-refractivity contribution is -0.185. The lowest BCUT2D eigenvalue weighted by atomic mass is 10.0. The van der Waals surface area contributed by atoms with Crippen LogP contribution in [0.4, 0.5) is 5.69 Å². The van der Waals surface area contributed by atoms with Gasteiger partial charge in [0.15, 0.2) is 5.79 Å². The number of methoxy groups -OCH3 is 1. The SMILES string of the molecule is COC(=O)c1cccc(NC(=O)CN2CCC3(CC2)OCCO3)c1. The molecule has 0 radical (unpaired) electrons. The molecule has 1 aromatic carbocycles. The Labute approximate surface area is 140 Å². The Morgan fingerprint density at radius 3 is 2.62 bits per heavy atom. The molecule has 0 bridgehead atoms. The fourth-order valence-corrected chi connectivity index (χ4v) is 3.08. The van der Waals surface area contributed by atoms with Crippen LogP contribution in [0.2, 0.25) is 0 Å². The number of carbonyl (C=O) groups excluding carboxylic acids is 2. The second-order valence-electron chi connectivity index (χ2n) is 6.00. The minimum Gasteiger partial charge on any atom is -0.465 e. The Balaban J connectivity index is 1.50. The van der Waals surface area contributed by atoms with Gasteiger partial charge < -0.3 is 19.5 Å². The number of carbonyl (C=O) groups is 2. The molecular weight excluding hydrogens is 312 g/mol. The summed E-state index contributed by atoms with van der Waals surface area (Å²) < 4.78 is 16.0. The molecule has 1 aromatic rings. The second kappa shape index (κ2) is 7.29. The predicted octanol–water partition coefficient (Wildman–Crippen LogP) is 1.25. The van der Waals surface area contributed by atoms with Gasteiger partial charge in [0.25, 0.3) is 0 Å². The van der Waals surface area contributed by atoms with Crippen molar-refractivity contribution >= 4 is 17.6 Å². The number of hydrogen-bond donors (Lipinski definition) is 1. The lowest BCUT2D eigenvalue weighted by Crippen LogP contribution is -2.47. The van der Waals surface area contributed by atoms with Gasteiger partial charge in [-0.25, -0.2) is 4.79 Å². The number of likely N-dealkylation sites (tertiary alicyclic amines) is 1. The number of piperidine rings is 1. The van der Waals surface area contributed by atoms with Gasteiger partial charge in [0.05, 0.1) is 32.4 Å². The number of hydrogen-bond acceptors (Lipinski definition) is 6. The molecule has 2 aliphatic heterocycles. The van der Waals surface area contributed by atoms with Crippen molar-refractivity contribution in [1.82, 2.24) is 4.90 Å². The van der Waals surface area contributed by atoms with E-state index in [9.17, 15) is 9.59 Å². The summed E-state index contributed by atoms with van der Waals surface area (Å²) in [4.78, 5) is 25.8. The van der Waals surface area contributed by atoms with Crippen LogP contribution in [0, 0.1) is 0 Å². The highest BCUT2D eigenvalue weighted by Crippen LogP contribution is 2.31. The molecule has 2 fully saturated rings. The molecule has 2 saturated heterocycles. The monoisotopic (exact) mass is 334 g/mol. The summed E-state index contributed by atoms with van der Waals surface area (Å²) in [5.41, 5.74) is 0.990. The van der Waals surface area contributed by atoms with Crippen LogP contribution in [0.1, 0.15) is 23.2 Å². The predicted molar refractivity (Wildman–Crippen MR) is 86.7 cm³/mol. The van der Waals surface area contributed by atoms with E-state index in [4.69, 9.17) is 9.47 Å². The van der Waals surface area contributed by atoms with E-state index in [1.807, 2.05) is 0 Å². The van der Waals surface area contributed by atoms with Crippen molar-refractivity contribution in [3.63, 3.8) is 0 Å². The first-order chi connectivity index (χ1) is 11.6. The quantitative estimate of drug-likeness (QED) is 0.835. The van der Waals surface area contributed by atoms with Gasteiger partial charge in [-0.15, -0.1) is 0 Å². The molecule has 2 aliphatic rings. The average molecular weight is 334 g/mol. The molecule has 0 aromatic heterocycles. The largest absolute Gasteiger partial charge is 0.465 e. The third-order valence-electron chi connectivity index (χ3n) is 4.37. The minimum absolute atomic E-state index is 0.110. The van der Waals surface area contributed by atoms with Gasteiger partial charge in [-0.1, -0.05) is 6.07 Å². The maximum absolute atomic E-state index is 12.2. The number of rotatable bonds is 4. The summed E-state index contributed by atoms with van der Waals surface area (Å²) in [7, 11) is 1.33. The highest BCUT2D eigenvalue weighted by Gasteiger charge is 2.39. The maximum atomic E-state index is 12.2. The van der Waals surface area contributed by atoms with Gasteiger partial charge in [0.2, 0.25) is 5.91 Å². The number of benzene rings is 1. The van der Waals surface area contributed by atoms with Gasteiger partial charge in [0, 0.05) is 31.6 Å². The summed E-state index contributed by atoms with van der Waals surface area (Å²) in [5.74, 6) is -0.966. The van der Waals surface area contributed by atoms with Crippen molar-refractivity contribution in [2.45, 2.75) is 18.6 Å². The molecule has 130 valence electrons. The number of esters is 1. The summed E-state index contributed by atoms with van der Waals surface area (Å²) >= 11 is 0. The Morgan fingerprint density at radius 2 is 1.96 bits per heavy atom. The van der Waals surface area contributed by atoms with Crippen molar-refractivity contribution in [1.29, 1.82) is 0 Å². The average Bonchev–Trinajstić information content (AvgIpc) is 3.05. The lowest BCUT2D eigenvalue weighted by Gasteiger charge is -2.37. The third-order valence-corrected chi connectivity index (χ3v) is 4.37. The number of nitrogens with zero attached hydrogens (tertiary/aromatic N) is 1. The number of ether oxygens (including phenoxy) is 3. The number of amides is 1. The minimum atomic E-state index is -0.429. The van der Waals surface area contributed by atoms with Gasteiger partial charge in [-0.05, 0) is 18.2 Å². The van der Waals surface area contributed by atoms with E-state index in [1.165, 1.54) is 7.11 Å². The van der Waals surface area contributed by atoms with Crippen molar-refractivity contribution in [3.05, 3.63) is 29.8 Å². The van der Waals surface area contributed by atoms with Gasteiger partial charge in [-0.3, -0.25) is 9.69 Å². The molecular formula is C17H22N2O5. The molecule has 7 nitrogen and oxygen atoms in total. The molecule has 1 amide bonds. The van der Waals surface area contributed by atoms with Crippen LogP contribution in [0.3, 0.4) is 0 Å². The Bertz CT molecular complexity index is 603. The van der Waals surface area contributed by atoms with E-state index in [0.717, 1.165) is 25.9 Å². The smallest absolute Gasteiger partial charge is 0.337 e. The fourth-order valence-electron chi connectivity index (χ4n) is 3.08. The van der Waals surface area contributed by atoms with Crippen LogP contribution < -0.4 is 5.32 Å². The first kappa shape index (κ1) is 16.9. The van der Waals surface area contributed by atoms with Gasteiger partial charge in [0.1, 0.15) is 0 Å². The van der Waals surface area contributed by atoms with Crippen molar-refractivity contribution in [3.8, 4) is 0 Å². The molecule has 0 saturated carbocycles. The van der Waals surface area contributed by atoms with Crippen LogP contribution in [0.25, 0.3) is 0 Å². The third kappa shape index (κ3) is 3.92. The molecule has 0 unspecified atom stereocenters. The molecule has 3 rings (SSSR count). The van der Waals surface area contributed by atoms with E-state index in [2.05, 4.69) is 15.0 Å². The zero-order valence-electron chi connectivity index (χ0n) is 13.7. The molecule has 1 spiro atoms. The van der Waals surface area contributed by atoms with E-state index >= 15 is 0 Å². The fraction of sp³-hybridized carbons (Fsp3) is 0.529. The first-order valence-electron chi connectivity index (χ1n) is 8.09. The number of anilines is 1. The highest BCUT2D eigenvalue weighted by atomic mass is 16.7. The van der Waals surface area contributed by atoms with Gasteiger partial charge in [-0.2, -0.15) is 0 Å². The highest BCUT2D eigenvalue weighted by molar-refractivity contribution is 5.95. The van der Waals surface area contributed by atoms with E-state index in [0.29, 0.717) is 31.0 Å². The van der Waals surface area contributed by atoms with Crippen LogP contribution in [0.15, 0.2) is 24.3 Å². The molecule has 0 aliphatic carbocycles. The Morgan fingerprint density at radius 1 is 1.25 bits per heavy atom. The molecule has 2 heterocycles. The van der Waals surface area contributed by atoms with Crippen molar-refractivity contribution < 1.29 is 23.8 Å². The summed E-state index contributed by atoms with van der Waals surface area (Å²) in [5, 5.41) is 2.82. The normalized spacial score (nSPS) is 20.0. The number of nitrogens with one attached hydrogen (secondary N) is 1. The Kier molecular flexibility index (Phi) is 5.13. The molecule has 24 heavy (non-hydrogen) atoms. The zero-order valence-corrected chi connectivity index (χ0v) is 13.7. The molecule has 1 N–H and O–H groups in total. The van der Waals surface area contributed by atoms with Crippen LogP contribution in [0.5, 0.6) is 0 Å². The maximum Gasteiger partial charge on any atom is 0.337 e. The second-order valence-corrected chi connectivity index (χ2v) is 6.00. The zero-order chi connectivity index (χ0) is 17.0. The van der Waals surface area contributed by atoms with Crippen molar-refractivity contribution in [2.75, 3.05) is 45.3 Å². The first-order valence-corrected chi connectivity index (χ1v) is 8.09. The van der Waals surface area contributed by atoms with Crippen molar-refractivity contribution in [2.24, 2.45) is 0 Å². The van der Waals surface area contributed by atoms with Crippen LogP contribution >= 0.6 is 0 Å². The summed E-state index contributed by atoms with van der Waals surface area (Å²) in [6.45, 7) is 3.12.